The van der Waals surface area contributed by atoms with E-state index >= 15 is 0 Å². The summed E-state index contributed by atoms with van der Waals surface area (Å²) in [5, 5.41) is 0.700. The highest BCUT2D eigenvalue weighted by molar-refractivity contribution is 6.30. The third-order valence-electron chi connectivity index (χ3n) is 2.97. The van der Waals surface area contributed by atoms with Gasteiger partial charge in [-0.05, 0) is 43.0 Å². The first kappa shape index (κ1) is 10.7. The molecule has 0 radical (unpaired) electrons. The zero-order chi connectivity index (χ0) is 10.8. The SMILES string of the molecule is Cc1cc(Cl)ccc1C(=O)CCC1CC1. The Labute approximate surface area is 95.4 Å². The number of aryl methyl sites for hydroxylation is 1. The van der Waals surface area contributed by atoms with Crippen molar-refractivity contribution in [1.82, 2.24) is 0 Å². The first-order valence-electron chi connectivity index (χ1n) is 5.46. The topological polar surface area (TPSA) is 17.1 Å². The van der Waals surface area contributed by atoms with Crippen molar-refractivity contribution in [2.75, 3.05) is 0 Å². The second kappa shape index (κ2) is 4.36. The molecule has 1 fully saturated rings. The molecule has 15 heavy (non-hydrogen) atoms. The molecular weight excluding hydrogens is 208 g/mol. The molecule has 2 heteroatoms. The summed E-state index contributed by atoms with van der Waals surface area (Å²) < 4.78 is 0. The average molecular weight is 223 g/mol. The minimum absolute atomic E-state index is 0.260. The van der Waals surface area contributed by atoms with Crippen molar-refractivity contribution >= 4 is 17.4 Å². The van der Waals surface area contributed by atoms with Crippen molar-refractivity contribution in [3.63, 3.8) is 0 Å². The van der Waals surface area contributed by atoms with Crippen LogP contribution in [0.5, 0.6) is 0 Å². The third kappa shape index (κ3) is 2.82. The minimum Gasteiger partial charge on any atom is -0.294 e. The maximum Gasteiger partial charge on any atom is 0.163 e. The van der Waals surface area contributed by atoms with Gasteiger partial charge in [0.05, 0.1) is 0 Å². The van der Waals surface area contributed by atoms with Gasteiger partial charge >= 0.3 is 0 Å². The fraction of sp³-hybridized carbons (Fsp3) is 0.462. The van der Waals surface area contributed by atoms with Gasteiger partial charge in [0.1, 0.15) is 0 Å². The van der Waals surface area contributed by atoms with Crippen molar-refractivity contribution in [1.29, 1.82) is 0 Å². The number of benzene rings is 1. The van der Waals surface area contributed by atoms with Crippen molar-refractivity contribution in [3.05, 3.63) is 34.3 Å². The molecule has 2 rings (SSSR count). The van der Waals surface area contributed by atoms with Gasteiger partial charge in [-0.1, -0.05) is 24.4 Å². The highest BCUT2D eigenvalue weighted by Crippen LogP contribution is 2.34. The van der Waals surface area contributed by atoms with E-state index < -0.39 is 0 Å². The van der Waals surface area contributed by atoms with Crippen LogP contribution < -0.4 is 0 Å². The summed E-state index contributed by atoms with van der Waals surface area (Å²) in [5.74, 6) is 1.08. The number of carbonyl (C=O) groups excluding carboxylic acids is 1. The quantitative estimate of drug-likeness (QED) is 0.704. The number of ketones is 1. The normalized spacial score (nSPS) is 15.3. The lowest BCUT2D eigenvalue weighted by atomic mass is 10.0. The summed E-state index contributed by atoms with van der Waals surface area (Å²) in [7, 11) is 0. The van der Waals surface area contributed by atoms with E-state index in [0.29, 0.717) is 11.4 Å². The van der Waals surface area contributed by atoms with Gasteiger partial charge in [0.2, 0.25) is 0 Å². The number of hydrogen-bond acceptors (Lipinski definition) is 1. The Morgan fingerprint density at radius 3 is 2.80 bits per heavy atom. The highest BCUT2D eigenvalue weighted by atomic mass is 35.5. The van der Waals surface area contributed by atoms with Crippen LogP contribution in [-0.4, -0.2) is 5.78 Å². The Hall–Kier alpha value is -0.820. The third-order valence-corrected chi connectivity index (χ3v) is 3.20. The standard InChI is InChI=1S/C13H15ClO/c1-9-8-11(14)5-6-12(9)13(15)7-4-10-2-3-10/h5-6,8,10H,2-4,7H2,1H3. The lowest BCUT2D eigenvalue weighted by Gasteiger charge is -2.04. The minimum atomic E-state index is 0.260. The first-order chi connectivity index (χ1) is 7.16. The van der Waals surface area contributed by atoms with Crippen LogP contribution in [0.3, 0.4) is 0 Å². The van der Waals surface area contributed by atoms with Gasteiger partial charge in [0, 0.05) is 17.0 Å². The van der Waals surface area contributed by atoms with Crippen molar-refractivity contribution in [3.8, 4) is 0 Å². The Balaban J connectivity index is 2.03. The average Bonchev–Trinajstić information content (AvgIpc) is 2.97. The summed E-state index contributed by atoms with van der Waals surface area (Å²) in [6, 6.07) is 5.48. The van der Waals surface area contributed by atoms with Gasteiger partial charge in [-0.2, -0.15) is 0 Å². The molecule has 0 unspecified atom stereocenters. The van der Waals surface area contributed by atoms with Crippen LogP contribution in [0.15, 0.2) is 18.2 Å². The highest BCUT2D eigenvalue weighted by Gasteiger charge is 2.22. The second-order valence-corrected chi connectivity index (χ2v) is 4.80. The van der Waals surface area contributed by atoms with Gasteiger partial charge in [-0.3, -0.25) is 4.79 Å². The van der Waals surface area contributed by atoms with Crippen molar-refractivity contribution in [2.24, 2.45) is 5.92 Å². The summed E-state index contributed by atoms with van der Waals surface area (Å²) in [6.45, 7) is 1.94. The fourth-order valence-electron chi connectivity index (χ4n) is 1.82. The van der Waals surface area contributed by atoms with Crippen LogP contribution in [0.2, 0.25) is 5.02 Å². The lowest BCUT2D eigenvalue weighted by Crippen LogP contribution is -2.01. The number of Topliss-reactive ketones (excluding diaryl/α,β-unsaturated/α-hetero) is 1. The number of rotatable bonds is 4. The molecule has 0 N–H and O–H groups in total. The summed E-state index contributed by atoms with van der Waals surface area (Å²) in [4.78, 5) is 11.9. The van der Waals surface area contributed by atoms with E-state index in [1.54, 1.807) is 6.07 Å². The van der Waals surface area contributed by atoms with Gasteiger partial charge in [-0.15, -0.1) is 0 Å². The molecule has 1 aliphatic rings. The first-order valence-corrected chi connectivity index (χ1v) is 5.84. The molecule has 0 bridgehead atoms. The van der Waals surface area contributed by atoms with Gasteiger partial charge in [0.25, 0.3) is 0 Å². The summed E-state index contributed by atoms with van der Waals surface area (Å²) in [5.41, 5.74) is 1.82. The summed E-state index contributed by atoms with van der Waals surface area (Å²) in [6.07, 6.45) is 4.37. The fourth-order valence-corrected chi connectivity index (χ4v) is 2.04. The smallest absolute Gasteiger partial charge is 0.163 e. The molecule has 0 atom stereocenters. The molecule has 1 saturated carbocycles. The van der Waals surface area contributed by atoms with Crippen molar-refractivity contribution < 1.29 is 4.79 Å². The van der Waals surface area contributed by atoms with E-state index in [-0.39, 0.29) is 5.78 Å². The molecule has 0 saturated heterocycles. The van der Waals surface area contributed by atoms with E-state index in [4.69, 9.17) is 11.6 Å². The molecule has 0 spiro atoms. The molecule has 1 aromatic rings. The summed E-state index contributed by atoms with van der Waals surface area (Å²) >= 11 is 5.85. The van der Waals surface area contributed by atoms with Gasteiger partial charge < -0.3 is 0 Å². The Bertz CT molecular complexity index is 380. The second-order valence-electron chi connectivity index (χ2n) is 4.36. The van der Waals surface area contributed by atoms with Gasteiger partial charge in [0.15, 0.2) is 5.78 Å². The molecule has 0 aliphatic heterocycles. The van der Waals surface area contributed by atoms with Crippen LogP contribution in [0, 0.1) is 12.8 Å². The molecule has 1 nitrogen and oxygen atoms in total. The monoisotopic (exact) mass is 222 g/mol. The van der Waals surface area contributed by atoms with E-state index in [9.17, 15) is 4.79 Å². The Kier molecular flexibility index (Phi) is 3.11. The molecule has 0 aromatic heterocycles. The van der Waals surface area contributed by atoms with E-state index in [2.05, 4.69) is 0 Å². The van der Waals surface area contributed by atoms with Crippen LogP contribution in [0.1, 0.15) is 41.6 Å². The molecule has 1 aliphatic carbocycles. The van der Waals surface area contributed by atoms with Crippen LogP contribution >= 0.6 is 11.6 Å². The predicted octanol–water partition coefficient (Wildman–Crippen LogP) is 4.02. The molecular formula is C13H15ClO. The maximum absolute atomic E-state index is 11.9. The van der Waals surface area contributed by atoms with Gasteiger partial charge in [-0.25, -0.2) is 0 Å². The van der Waals surface area contributed by atoms with E-state index in [1.807, 2.05) is 19.1 Å². The molecule has 0 heterocycles. The molecule has 1 aromatic carbocycles. The number of halogens is 1. The lowest BCUT2D eigenvalue weighted by molar-refractivity contribution is 0.0977. The number of carbonyl (C=O) groups is 1. The Morgan fingerprint density at radius 1 is 1.47 bits per heavy atom. The van der Waals surface area contributed by atoms with Crippen molar-refractivity contribution in [2.45, 2.75) is 32.6 Å². The largest absolute Gasteiger partial charge is 0.294 e. The number of hydrogen-bond donors (Lipinski definition) is 0. The zero-order valence-corrected chi connectivity index (χ0v) is 9.68. The van der Waals surface area contributed by atoms with E-state index in [1.165, 1.54) is 12.8 Å². The molecule has 80 valence electrons. The Morgan fingerprint density at radius 2 is 2.20 bits per heavy atom. The van der Waals surface area contributed by atoms with E-state index in [0.717, 1.165) is 23.5 Å². The zero-order valence-electron chi connectivity index (χ0n) is 8.92. The maximum atomic E-state index is 11.9. The van der Waals surface area contributed by atoms with Crippen LogP contribution in [0.4, 0.5) is 0 Å². The van der Waals surface area contributed by atoms with Crippen LogP contribution in [0.25, 0.3) is 0 Å². The van der Waals surface area contributed by atoms with Crippen LogP contribution in [-0.2, 0) is 0 Å². The predicted molar refractivity (Wildman–Crippen MR) is 62.5 cm³/mol. The molecule has 0 amide bonds.